The summed E-state index contributed by atoms with van der Waals surface area (Å²) < 4.78 is 5.79. The van der Waals surface area contributed by atoms with Crippen molar-refractivity contribution < 1.29 is 9.53 Å². The highest BCUT2D eigenvalue weighted by Gasteiger charge is 2.37. The van der Waals surface area contributed by atoms with Crippen LogP contribution in [0.25, 0.3) is 0 Å². The number of carbonyl (C=O) groups excluding carboxylic acids is 1. The van der Waals surface area contributed by atoms with E-state index in [1.807, 2.05) is 16.7 Å². The third-order valence-corrected chi connectivity index (χ3v) is 5.39. The van der Waals surface area contributed by atoms with Crippen molar-refractivity contribution in [2.75, 3.05) is 38.6 Å². The van der Waals surface area contributed by atoms with Crippen molar-refractivity contribution in [3.05, 3.63) is 0 Å². The molecule has 0 aromatic rings. The minimum atomic E-state index is 0.00571. The number of rotatable bonds is 3. The number of carbonyl (C=O) groups is 1. The van der Waals surface area contributed by atoms with Crippen molar-refractivity contribution in [1.82, 2.24) is 10.2 Å². The largest absolute Gasteiger partial charge is 0.379 e. The number of thioether (sulfide) groups is 1. The first-order valence-electron chi connectivity index (χ1n) is 7.27. The van der Waals surface area contributed by atoms with E-state index in [9.17, 15) is 4.79 Å². The zero-order valence-corrected chi connectivity index (χ0v) is 13.1. The van der Waals surface area contributed by atoms with Gasteiger partial charge in [0.25, 0.3) is 0 Å². The Balaban J connectivity index is 1.95. The zero-order chi connectivity index (χ0) is 13.9. The van der Waals surface area contributed by atoms with Crippen LogP contribution < -0.4 is 5.32 Å². The molecular weight excluding hydrogens is 260 g/mol. The highest BCUT2D eigenvalue weighted by molar-refractivity contribution is 8.00. The second kappa shape index (κ2) is 6.46. The molecule has 0 aromatic heterocycles. The minimum absolute atomic E-state index is 0.00571. The molecule has 2 rings (SSSR count). The quantitative estimate of drug-likeness (QED) is 0.850. The van der Waals surface area contributed by atoms with Crippen LogP contribution in [0.3, 0.4) is 0 Å². The Labute approximate surface area is 120 Å². The van der Waals surface area contributed by atoms with Gasteiger partial charge in [0.1, 0.15) is 0 Å². The maximum absolute atomic E-state index is 12.6. The molecule has 2 unspecified atom stereocenters. The second-order valence-electron chi connectivity index (χ2n) is 5.99. The van der Waals surface area contributed by atoms with Gasteiger partial charge in [-0.1, -0.05) is 20.8 Å². The lowest BCUT2D eigenvalue weighted by Gasteiger charge is -2.27. The van der Waals surface area contributed by atoms with E-state index >= 15 is 0 Å². The number of nitrogens with one attached hydrogen (secondary N) is 1. The van der Waals surface area contributed by atoms with Crippen LogP contribution in [0.4, 0.5) is 0 Å². The lowest BCUT2D eigenvalue weighted by molar-refractivity contribution is -0.135. The fourth-order valence-corrected chi connectivity index (χ4v) is 3.84. The van der Waals surface area contributed by atoms with Crippen LogP contribution in [-0.4, -0.2) is 60.2 Å². The molecule has 0 spiro atoms. The summed E-state index contributed by atoms with van der Waals surface area (Å²) in [5, 5.41) is 3.37. The van der Waals surface area contributed by atoms with Gasteiger partial charge in [0.2, 0.25) is 5.91 Å². The molecule has 2 aliphatic rings. The van der Waals surface area contributed by atoms with Gasteiger partial charge in [-0.05, 0) is 13.0 Å². The van der Waals surface area contributed by atoms with Gasteiger partial charge in [-0.2, -0.15) is 11.8 Å². The van der Waals surface area contributed by atoms with Gasteiger partial charge in [-0.15, -0.1) is 0 Å². The van der Waals surface area contributed by atoms with E-state index in [2.05, 4.69) is 26.1 Å². The van der Waals surface area contributed by atoms with Crippen LogP contribution in [0.1, 0.15) is 27.2 Å². The summed E-state index contributed by atoms with van der Waals surface area (Å²) >= 11 is 1.98. The number of amides is 1. The van der Waals surface area contributed by atoms with E-state index < -0.39 is 0 Å². The van der Waals surface area contributed by atoms with E-state index in [4.69, 9.17) is 4.74 Å². The normalized spacial score (nSPS) is 31.2. The van der Waals surface area contributed by atoms with Gasteiger partial charge in [-0.3, -0.25) is 4.79 Å². The van der Waals surface area contributed by atoms with Crippen molar-refractivity contribution in [2.24, 2.45) is 5.92 Å². The predicted molar refractivity (Wildman–Crippen MR) is 79.5 cm³/mol. The monoisotopic (exact) mass is 286 g/mol. The lowest BCUT2D eigenvalue weighted by atomic mass is 10.0. The maximum atomic E-state index is 12.6. The summed E-state index contributed by atoms with van der Waals surface area (Å²) in [6.45, 7) is 10.5. The molecule has 110 valence electrons. The summed E-state index contributed by atoms with van der Waals surface area (Å²) in [4.78, 5) is 14.7. The van der Waals surface area contributed by atoms with Crippen LogP contribution in [0, 0.1) is 5.92 Å². The Bertz CT molecular complexity index is 323. The number of ether oxygens (including phenoxy) is 1. The molecule has 2 fully saturated rings. The van der Waals surface area contributed by atoms with Crippen LogP contribution in [0.15, 0.2) is 0 Å². The first-order valence-corrected chi connectivity index (χ1v) is 8.26. The third-order valence-electron chi connectivity index (χ3n) is 4.01. The van der Waals surface area contributed by atoms with Crippen LogP contribution in [-0.2, 0) is 9.53 Å². The average Bonchev–Trinajstić information content (AvgIpc) is 2.73. The molecule has 1 amide bonds. The summed E-state index contributed by atoms with van der Waals surface area (Å²) in [5.74, 6) is 1.32. The molecule has 2 heterocycles. The SMILES string of the molecule is CCNC1COCC1C(=O)N1CCSC(C)(C)CC1. The highest BCUT2D eigenvalue weighted by atomic mass is 32.2. The first kappa shape index (κ1) is 15.1. The van der Waals surface area contributed by atoms with Gasteiger partial charge < -0.3 is 15.0 Å². The second-order valence-corrected chi connectivity index (χ2v) is 7.79. The summed E-state index contributed by atoms with van der Waals surface area (Å²) in [5.41, 5.74) is 0. The Morgan fingerprint density at radius 3 is 2.95 bits per heavy atom. The number of nitrogens with zero attached hydrogens (tertiary/aromatic N) is 1. The average molecular weight is 286 g/mol. The van der Waals surface area contributed by atoms with Gasteiger partial charge in [0, 0.05) is 29.6 Å². The molecule has 19 heavy (non-hydrogen) atoms. The predicted octanol–water partition coefficient (Wildman–Crippen LogP) is 1.35. The number of hydrogen-bond acceptors (Lipinski definition) is 4. The Morgan fingerprint density at radius 1 is 1.42 bits per heavy atom. The molecule has 0 bridgehead atoms. The summed E-state index contributed by atoms with van der Waals surface area (Å²) in [6, 6.07) is 0.196. The topological polar surface area (TPSA) is 41.6 Å². The molecule has 5 heteroatoms. The molecule has 0 aliphatic carbocycles. The molecule has 0 saturated carbocycles. The van der Waals surface area contributed by atoms with Crippen molar-refractivity contribution in [2.45, 2.75) is 38.0 Å². The molecular formula is C14H26N2O2S. The maximum Gasteiger partial charge on any atom is 0.229 e. The molecule has 1 N–H and O–H groups in total. The smallest absolute Gasteiger partial charge is 0.229 e. The van der Waals surface area contributed by atoms with Crippen LogP contribution in [0.2, 0.25) is 0 Å². The fourth-order valence-electron chi connectivity index (χ4n) is 2.74. The Kier molecular flexibility index (Phi) is 5.15. The van der Waals surface area contributed by atoms with E-state index in [0.29, 0.717) is 18.0 Å². The van der Waals surface area contributed by atoms with E-state index in [-0.39, 0.29) is 17.9 Å². The fraction of sp³-hybridized carbons (Fsp3) is 0.929. The van der Waals surface area contributed by atoms with Gasteiger partial charge in [0.05, 0.1) is 19.1 Å². The Morgan fingerprint density at radius 2 is 2.21 bits per heavy atom. The lowest BCUT2D eigenvalue weighted by Crippen LogP contribution is -2.46. The van der Waals surface area contributed by atoms with E-state index in [0.717, 1.165) is 31.8 Å². The molecule has 2 aliphatic heterocycles. The number of likely N-dealkylation sites (N-methyl/N-ethyl adjacent to an activating group) is 1. The molecule has 0 aromatic carbocycles. The van der Waals surface area contributed by atoms with E-state index in [1.165, 1.54) is 0 Å². The van der Waals surface area contributed by atoms with Gasteiger partial charge >= 0.3 is 0 Å². The molecule has 2 atom stereocenters. The highest BCUT2D eigenvalue weighted by Crippen LogP contribution is 2.31. The zero-order valence-electron chi connectivity index (χ0n) is 12.3. The molecule has 2 saturated heterocycles. The summed E-state index contributed by atoms with van der Waals surface area (Å²) in [7, 11) is 0. The van der Waals surface area contributed by atoms with Crippen molar-refractivity contribution in [3.8, 4) is 0 Å². The van der Waals surface area contributed by atoms with Gasteiger partial charge in [-0.25, -0.2) is 0 Å². The van der Waals surface area contributed by atoms with Crippen molar-refractivity contribution in [1.29, 1.82) is 0 Å². The standard InChI is InChI=1S/C14H26N2O2S/c1-4-15-12-10-18-9-11(12)13(17)16-6-5-14(2,3)19-8-7-16/h11-12,15H,4-10H2,1-3H3. The summed E-state index contributed by atoms with van der Waals surface area (Å²) in [6.07, 6.45) is 1.07. The van der Waals surface area contributed by atoms with Crippen molar-refractivity contribution in [3.63, 3.8) is 0 Å². The van der Waals surface area contributed by atoms with Crippen molar-refractivity contribution >= 4 is 17.7 Å². The third kappa shape index (κ3) is 3.86. The Hall–Kier alpha value is -0.260. The van der Waals surface area contributed by atoms with Gasteiger partial charge in [0.15, 0.2) is 0 Å². The minimum Gasteiger partial charge on any atom is -0.379 e. The molecule has 4 nitrogen and oxygen atoms in total. The van der Waals surface area contributed by atoms with Crippen LogP contribution in [0.5, 0.6) is 0 Å². The van der Waals surface area contributed by atoms with Crippen LogP contribution >= 0.6 is 11.8 Å². The number of hydrogen-bond donors (Lipinski definition) is 1. The first-order chi connectivity index (χ1) is 9.03. The van der Waals surface area contributed by atoms with E-state index in [1.54, 1.807) is 0 Å². The molecule has 0 radical (unpaired) electrons.